The first kappa shape index (κ1) is 12.9. The van der Waals surface area contributed by atoms with Crippen LogP contribution in [0.1, 0.15) is 18.9 Å². The Labute approximate surface area is 108 Å². The van der Waals surface area contributed by atoms with Crippen LogP contribution in [0.5, 0.6) is 0 Å². The van der Waals surface area contributed by atoms with Gasteiger partial charge in [0.1, 0.15) is 0 Å². The summed E-state index contributed by atoms with van der Waals surface area (Å²) >= 11 is 0. The van der Waals surface area contributed by atoms with E-state index in [0.29, 0.717) is 25.6 Å². The summed E-state index contributed by atoms with van der Waals surface area (Å²) in [5.74, 6) is 0.331. The lowest BCUT2D eigenvalue weighted by Gasteiger charge is -2.33. The van der Waals surface area contributed by atoms with Gasteiger partial charge < -0.3 is 10.5 Å². The summed E-state index contributed by atoms with van der Waals surface area (Å²) in [4.78, 5) is 13.6. The molecular formula is C14H20N2O2. The number of benzene rings is 1. The van der Waals surface area contributed by atoms with Gasteiger partial charge in [0.15, 0.2) is 0 Å². The van der Waals surface area contributed by atoms with E-state index in [4.69, 9.17) is 10.5 Å². The number of para-hydroxylation sites is 1. The second kappa shape index (κ2) is 5.87. The topological polar surface area (TPSA) is 55.6 Å². The third-order valence-electron chi connectivity index (χ3n) is 3.34. The summed E-state index contributed by atoms with van der Waals surface area (Å²) < 4.78 is 5.24. The molecule has 0 aliphatic carbocycles. The lowest BCUT2D eigenvalue weighted by molar-refractivity contribution is 0.113. The number of cyclic esters (lactones) is 1. The van der Waals surface area contributed by atoms with Crippen molar-refractivity contribution in [2.75, 3.05) is 24.6 Å². The molecule has 1 aliphatic heterocycles. The van der Waals surface area contributed by atoms with Gasteiger partial charge >= 0.3 is 6.09 Å². The van der Waals surface area contributed by atoms with Gasteiger partial charge in [0, 0.05) is 12.5 Å². The number of amides is 1. The molecule has 0 radical (unpaired) electrons. The Balaban J connectivity index is 2.21. The Morgan fingerprint density at radius 1 is 1.44 bits per heavy atom. The summed E-state index contributed by atoms with van der Waals surface area (Å²) in [5.41, 5.74) is 7.71. The first-order valence-corrected chi connectivity index (χ1v) is 6.48. The largest absolute Gasteiger partial charge is 0.449 e. The van der Waals surface area contributed by atoms with Crippen LogP contribution in [0.15, 0.2) is 24.3 Å². The molecule has 4 nitrogen and oxygen atoms in total. The third kappa shape index (κ3) is 2.64. The molecule has 1 unspecified atom stereocenters. The molecule has 0 aromatic heterocycles. The van der Waals surface area contributed by atoms with E-state index in [1.54, 1.807) is 4.90 Å². The Morgan fingerprint density at radius 2 is 2.22 bits per heavy atom. The highest BCUT2D eigenvalue weighted by molar-refractivity contribution is 5.89. The summed E-state index contributed by atoms with van der Waals surface area (Å²) in [5, 5.41) is 0. The number of anilines is 1. The highest BCUT2D eigenvalue weighted by Crippen LogP contribution is 2.26. The molecule has 0 spiro atoms. The van der Waals surface area contributed by atoms with Crippen molar-refractivity contribution in [3.63, 3.8) is 0 Å². The van der Waals surface area contributed by atoms with E-state index in [9.17, 15) is 4.79 Å². The molecule has 0 saturated carbocycles. The fourth-order valence-electron chi connectivity index (χ4n) is 2.33. The van der Waals surface area contributed by atoms with Gasteiger partial charge in [0.2, 0.25) is 0 Å². The molecular weight excluding hydrogens is 228 g/mol. The third-order valence-corrected chi connectivity index (χ3v) is 3.34. The summed E-state index contributed by atoms with van der Waals surface area (Å²) in [7, 11) is 0. The minimum absolute atomic E-state index is 0.246. The monoisotopic (exact) mass is 248 g/mol. The van der Waals surface area contributed by atoms with Crippen LogP contribution in [0.4, 0.5) is 10.5 Å². The SMILES string of the molecule is CCc1ccccc1N1CC(CCN)COC1=O. The molecule has 1 aromatic rings. The Morgan fingerprint density at radius 3 is 2.94 bits per heavy atom. The molecule has 1 heterocycles. The average Bonchev–Trinajstić information content (AvgIpc) is 2.41. The summed E-state index contributed by atoms with van der Waals surface area (Å²) in [6, 6.07) is 7.98. The summed E-state index contributed by atoms with van der Waals surface area (Å²) in [6.07, 6.45) is 1.55. The van der Waals surface area contributed by atoms with Crippen molar-refractivity contribution in [2.45, 2.75) is 19.8 Å². The smallest absolute Gasteiger partial charge is 0.414 e. The fourth-order valence-corrected chi connectivity index (χ4v) is 2.33. The standard InChI is InChI=1S/C14H20N2O2/c1-2-12-5-3-4-6-13(12)16-9-11(7-8-15)10-18-14(16)17/h3-6,11H,2,7-10,15H2,1H3. The second-order valence-electron chi connectivity index (χ2n) is 4.61. The van der Waals surface area contributed by atoms with Crippen molar-refractivity contribution in [3.05, 3.63) is 29.8 Å². The Bertz CT molecular complexity index is 420. The van der Waals surface area contributed by atoms with Crippen LogP contribution in [0.3, 0.4) is 0 Å². The summed E-state index contributed by atoms with van der Waals surface area (Å²) in [6.45, 7) is 3.91. The predicted molar refractivity (Wildman–Crippen MR) is 71.7 cm³/mol. The molecule has 4 heteroatoms. The lowest BCUT2D eigenvalue weighted by atomic mass is 10.0. The van der Waals surface area contributed by atoms with E-state index in [-0.39, 0.29) is 6.09 Å². The molecule has 1 amide bonds. The second-order valence-corrected chi connectivity index (χ2v) is 4.61. The van der Waals surface area contributed by atoms with Crippen molar-refractivity contribution in [1.29, 1.82) is 0 Å². The van der Waals surface area contributed by atoms with Crippen LogP contribution in [-0.2, 0) is 11.2 Å². The van der Waals surface area contributed by atoms with Gasteiger partial charge in [-0.25, -0.2) is 4.79 Å². The maximum atomic E-state index is 11.9. The highest BCUT2D eigenvalue weighted by atomic mass is 16.6. The van der Waals surface area contributed by atoms with Gasteiger partial charge in [-0.2, -0.15) is 0 Å². The van der Waals surface area contributed by atoms with E-state index < -0.39 is 0 Å². The van der Waals surface area contributed by atoms with Crippen LogP contribution in [0, 0.1) is 5.92 Å². The van der Waals surface area contributed by atoms with Crippen molar-refractivity contribution >= 4 is 11.8 Å². The fraction of sp³-hybridized carbons (Fsp3) is 0.500. The molecule has 1 saturated heterocycles. The average molecular weight is 248 g/mol. The molecule has 98 valence electrons. The number of hydrogen-bond acceptors (Lipinski definition) is 3. The van der Waals surface area contributed by atoms with Crippen molar-refractivity contribution < 1.29 is 9.53 Å². The molecule has 0 bridgehead atoms. The van der Waals surface area contributed by atoms with Gasteiger partial charge in [-0.1, -0.05) is 25.1 Å². The molecule has 2 N–H and O–H groups in total. The number of nitrogens with two attached hydrogens (primary N) is 1. The van der Waals surface area contributed by atoms with Crippen molar-refractivity contribution in [2.24, 2.45) is 11.7 Å². The number of carbonyl (C=O) groups is 1. The zero-order valence-electron chi connectivity index (χ0n) is 10.8. The maximum absolute atomic E-state index is 11.9. The number of aryl methyl sites for hydroxylation is 1. The van der Waals surface area contributed by atoms with E-state index >= 15 is 0 Å². The maximum Gasteiger partial charge on any atom is 0.414 e. The van der Waals surface area contributed by atoms with Gasteiger partial charge in [-0.3, -0.25) is 4.90 Å². The number of carbonyl (C=O) groups excluding carboxylic acids is 1. The van der Waals surface area contributed by atoms with Gasteiger partial charge in [-0.15, -0.1) is 0 Å². The minimum Gasteiger partial charge on any atom is -0.449 e. The number of nitrogens with zero attached hydrogens (tertiary/aromatic N) is 1. The van der Waals surface area contributed by atoms with Gasteiger partial charge in [-0.05, 0) is 31.0 Å². The Kier molecular flexibility index (Phi) is 4.20. The van der Waals surface area contributed by atoms with Crippen LogP contribution in [0.2, 0.25) is 0 Å². The van der Waals surface area contributed by atoms with E-state index in [2.05, 4.69) is 13.0 Å². The predicted octanol–water partition coefficient (Wildman–Crippen LogP) is 2.17. The van der Waals surface area contributed by atoms with Crippen molar-refractivity contribution in [1.82, 2.24) is 0 Å². The first-order chi connectivity index (χ1) is 8.76. The van der Waals surface area contributed by atoms with Crippen molar-refractivity contribution in [3.8, 4) is 0 Å². The van der Waals surface area contributed by atoms with E-state index in [1.165, 1.54) is 5.56 Å². The molecule has 1 atom stereocenters. The van der Waals surface area contributed by atoms with E-state index in [1.807, 2.05) is 18.2 Å². The zero-order valence-corrected chi connectivity index (χ0v) is 10.8. The number of rotatable bonds is 4. The number of ether oxygens (including phenoxy) is 1. The Hall–Kier alpha value is -1.55. The lowest BCUT2D eigenvalue weighted by Crippen LogP contribution is -2.44. The van der Waals surface area contributed by atoms with Crippen LogP contribution in [-0.4, -0.2) is 25.8 Å². The quantitative estimate of drug-likeness (QED) is 0.888. The van der Waals surface area contributed by atoms with Gasteiger partial charge in [0.05, 0.1) is 12.3 Å². The number of hydrogen-bond donors (Lipinski definition) is 1. The molecule has 2 rings (SSSR count). The molecule has 1 fully saturated rings. The van der Waals surface area contributed by atoms with E-state index in [0.717, 1.165) is 18.5 Å². The zero-order chi connectivity index (χ0) is 13.0. The van der Waals surface area contributed by atoms with Gasteiger partial charge in [0.25, 0.3) is 0 Å². The first-order valence-electron chi connectivity index (χ1n) is 6.48. The van der Waals surface area contributed by atoms with Crippen LogP contribution < -0.4 is 10.6 Å². The minimum atomic E-state index is -0.246. The van der Waals surface area contributed by atoms with Crippen LogP contribution >= 0.6 is 0 Å². The molecule has 1 aromatic carbocycles. The molecule has 18 heavy (non-hydrogen) atoms. The van der Waals surface area contributed by atoms with Crippen LogP contribution in [0.25, 0.3) is 0 Å². The molecule has 1 aliphatic rings. The highest BCUT2D eigenvalue weighted by Gasteiger charge is 2.28. The normalized spacial score (nSPS) is 19.8.